The van der Waals surface area contributed by atoms with Gasteiger partial charge in [0.05, 0.1) is 4.90 Å². The molecule has 0 fully saturated rings. The average molecular weight is 269 g/mol. The zero-order valence-corrected chi connectivity index (χ0v) is 12.3. The Hall–Kier alpha value is -1.03. The molecule has 1 atom stereocenters. The zero-order valence-electron chi connectivity index (χ0n) is 11.4. The van der Waals surface area contributed by atoms with Crippen molar-refractivity contribution in [3.63, 3.8) is 0 Å². The Bertz CT molecular complexity index is 451. The molecular weight excluding hydrogens is 246 g/mol. The molecule has 1 aromatic carbocycles. The molecule has 1 N–H and O–H groups in total. The van der Waals surface area contributed by atoms with E-state index in [1.165, 1.54) is 19.1 Å². The number of hydrogen-bond donors (Lipinski definition) is 1. The quantitative estimate of drug-likeness (QED) is 0.824. The minimum Gasteiger partial charge on any atom is -0.382 e. The number of hydrogen-bond acceptors (Lipinski definition) is 3. The molecule has 0 amide bonds. The van der Waals surface area contributed by atoms with Crippen LogP contribution in [-0.2, 0) is 9.84 Å². The molecule has 1 unspecified atom stereocenters. The molecule has 0 spiro atoms. The van der Waals surface area contributed by atoms with Crippen LogP contribution in [0.2, 0.25) is 0 Å². The number of nitrogens with one attached hydrogen (secondary N) is 1. The highest BCUT2D eigenvalue weighted by atomic mass is 32.2. The van der Waals surface area contributed by atoms with Gasteiger partial charge < -0.3 is 5.32 Å². The Labute approximate surface area is 111 Å². The van der Waals surface area contributed by atoms with E-state index < -0.39 is 9.84 Å². The van der Waals surface area contributed by atoms with Gasteiger partial charge in [0.1, 0.15) is 0 Å². The number of sulfone groups is 1. The predicted molar refractivity (Wildman–Crippen MR) is 76.8 cm³/mol. The molecule has 0 saturated carbocycles. The van der Waals surface area contributed by atoms with Gasteiger partial charge in [-0.2, -0.15) is 0 Å². The van der Waals surface area contributed by atoms with E-state index in [0.29, 0.717) is 10.9 Å². The molecule has 0 aliphatic carbocycles. The number of rotatable bonds is 7. The summed E-state index contributed by atoms with van der Waals surface area (Å²) in [7, 11) is -3.10. The fourth-order valence-corrected chi connectivity index (χ4v) is 2.49. The van der Waals surface area contributed by atoms with Gasteiger partial charge in [0.25, 0.3) is 0 Å². The van der Waals surface area contributed by atoms with E-state index >= 15 is 0 Å². The number of benzene rings is 1. The lowest BCUT2D eigenvalue weighted by Crippen LogP contribution is -2.18. The second-order valence-electron chi connectivity index (χ2n) is 4.69. The van der Waals surface area contributed by atoms with E-state index in [1.54, 1.807) is 12.1 Å². The smallest absolute Gasteiger partial charge is 0.175 e. The van der Waals surface area contributed by atoms with Crippen molar-refractivity contribution in [3.8, 4) is 0 Å². The van der Waals surface area contributed by atoms with E-state index in [2.05, 4.69) is 19.2 Å². The molecule has 0 aliphatic rings. The first-order valence-corrected chi connectivity index (χ1v) is 8.43. The Balaban J connectivity index is 2.68. The van der Waals surface area contributed by atoms with Gasteiger partial charge in [-0.3, -0.25) is 0 Å². The van der Waals surface area contributed by atoms with Crippen molar-refractivity contribution in [1.29, 1.82) is 0 Å². The van der Waals surface area contributed by atoms with Gasteiger partial charge in [-0.1, -0.05) is 26.7 Å². The molecule has 4 heteroatoms. The average Bonchev–Trinajstić information content (AvgIpc) is 2.34. The Morgan fingerprint density at radius 2 is 1.78 bits per heavy atom. The number of anilines is 1. The minimum absolute atomic E-state index is 0.370. The van der Waals surface area contributed by atoms with Crippen LogP contribution < -0.4 is 5.32 Å². The van der Waals surface area contributed by atoms with Gasteiger partial charge in [0, 0.05) is 18.0 Å². The van der Waals surface area contributed by atoms with Crippen LogP contribution in [0.15, 0.2) is 29.2 Å². The first-order chi connectivity index (χ1) is 8.47. The zero-order chi connectivity index (χ0) is 13.6. The topological polar surface area (TPSA) is 46.2 Å². The van der Waals surface area contributed by atoms with Crippen molar-refractivity contribution in [2.45, 2.75) is 50.5 Å². The van der Waals surface area contributed by atoms with Gasteiger partial charge in [-0.25, -0.2) is 8.42 Å². The van der Waals surface area contributed by atoms with Crippen molar-refractivity contribution >= 4 is 15.5 Å². The fourth-order valence-electron chi connectivity index (χ4n) is 1.86. The summed E-state index contributed by atoms with van der Waals surface area (Å²) in [5.74, 6) is 0. The van der Waals surface area contributed by atoms with Crippen LogP contribution in [-0.4, -0.2) is 20.7 Å². The molecule has 0 heterocycles. The Morgan fingerprint density at radius 3 is 2.22 bits per heavy atom. The third-order valence-corrected chi connectivity index (χ3v) is 4.18. The van der Waals surface area contributed by atoms with Crippen molar-refractivity contribution in [2.75, 3.05) is 11.6 Å². The highest BCUT2D eigenvalue weighted by molar-refractivity contribution is 7.90. The molecule has 3 nitrogen and oxygen atoms in total. The highest BCUT2D eigenvalue weighted by Gasteiger charge is 2.08. The summed E-state index contributed by atoms with van der Waals surface area (Å²) in [4.78, 5) is 0.370. The van der Waals surface area contributed by atoms with Crippen LogP contribution in [0.4, 0.5) is 5.69 Å². The first kappa shape index (κ1) is 15.0. The monoisotopic (exact) mass is 269 g/mol. The molecular formula is C14H23NO2S. The van der Waals surface area contributed by atoms with Crippen LogP contribution in [0.3, 0.4) is 0 Å². The lowest BCUT2D eigenvalue weighted by atomic mass is 10.1. The van der Waals surface area contributed by atoms with Gasteiger partial charge in [-0.05, 0) is 37.1 Å². The summed E-state index contributed by atoms with van der Waals surface area (Å²) < 4.78 is 22.7. The first-order valence-electron chi connectivity index (χ1n) is 6.54. The molecule has 1 rings (SSSR count). The normalized spacial score (nSPS) is 13.3. The SMILES string of the molecule is CCCCC(CC)Nc1ccc(S(C)(=O)=O)cc1. The fraction of sp³-hybridized carbons (Fsp3) is 0.571. The highest BCUT2D eigenvalue weighted by Crippen LogP contribution is 2.17. The van der Waals surface area contributed by atoms with E-state index in [0.717, 1.165) is 18.5 Å². The van der Waals surface area contributed by atoms with Crippen molar-refractivity contribution in [2.24, 2.45) is 0 Å². The molecule has 0 aliphatic heterocycles. The maximum Gasteiger partial charge on any atom is 0.175 e. The Morgan fingerprint density at radius 1 is 1.17 bits per heavy atom. The third kappa shape index (κ3) is 4.69. The Kier molecular flexibility index (Phi) is 5.66. The molecule has 0 aromatic heterocycles. The predicted octanol–water partition coefficient (Wildman–Crippen LogP) is 3.47. The van der Waals surface area contributed by atoms with Crippen LogP contribution in [0.1, 0.15) is 39.5 Å². The summed E-state index contributed by atoms with van der Waals surface area (Å²) in [6, 6.07) is 7.46. The van der Waals surface area contributed by atoms with Crippen molar-refractivity contribution < 1.29 is 8.42 Å². The maximum absolute atomic E-state index is 11.3. The second-order valence-corrected chi connectivity index (χ2v) is 6.70. The van der Waals surface area contributed by atoms with E-state index in [4.69, 9.17) is 0 Å². The summed E-state index contributed by atoms with van der Waals surface area (Å²) in [5, 5.41) is 3.45. The van der Waals surface area contributed by atoms with E-state index in [-0.39, 0.29) is 0 Å². The largest absolute Gasteiger partial charge is 0.382 e. The summed E-state index contributed by atoms with van der Waals surface area (Å²) in [6.45, 7) is 4.35. The second kappa shape index (κ2) is 6.78. The van der Waals surface area contributed by atoms with E-state index in [9.17, 15) is 8.42 Å². The summed E-state index contributed by atoms with van der Waals surface area (Å²) in [5.41, 5.74) is 0.991. The van der Waals surface area contributed by atoms with Gasteiger partial charge >= 0.3 is 0 Å². The molecule has 1 aromatic rings. The van der Waals surface area contributed by atoms with Crippen LogP contribution in [0, 0.1) is 0 Å². The van der Waals surface area contributed by atoms with Gasteiger partial charge in [-0.15, -0.1) is 0 Å². The van der Waals surface area contributed by atoms with Crippen molar-refractivity contribution in [3.05, 3.63) is 24.3 Å². The molecule has 0 radical (unpaired) electrons. The van der Waals surface area contributed by atoms with E-state index in [1.807, 2.05) is 12.1 Å². The summed E-state index contributed by atoms with van der Waals surface area (Å²) in [6.07, 6.45) is 5.87. The molecule has 0 saturated heterocycles. The third-order valence-electron chi connectivity index (χ3n) is 3.05. The standard InChI is InChI=1S/C14H23NO2S/c1-4-6-7-12(5-2)15-13-8-10-14(11-9-13)18(3,16)17/h8-12,15H,4-7H2,1-3H3. The lowest BCUT2D eigenvalue weighted by Gasteiger charge is -2.18. The van der Waals surface area contributed by atoms with Crippen LogP contribution in [0.5, 0.6) is 0 Å². The van der Waals surface area contributed by atoms with Crippen molar-refractivity contribution in [1.82, 2.24) is 0 Å². The van der Waals surface area contributed by atoms with Gasteiger partial charge in [0.2, 0.25) is 0 Å². The van der Waals surface area contributed by atoms with Crippen LogP contribution in [0.25, 0.3) is 0 Å². The maximum atomic E-state index is 11.3. The minimum atomic E-state index is -3.10. The molecule has 0 bridgehead atoms. The molecule has 18 heavy (non-hydrogen) atoms. The summed E-state index contributed by atoms with van der Waals surface area (Å²) >= 11 is 0. The van der Waals surface area contributed by atoms with Crippen LogP contribution >= 0.6 is 0 Å². The lowest BCUT2D eigenvalue weighted by molar-refractivity contribution is 0.593. The number of unbranched alkanes of at least 4 members (excludes halogenated alkanes) is 1. The molecule has 102 valence electrons. The van der Waals surface area contributed by atoms with Gasteiger partial charge in [0.15, 0.2) is 9.84 Å².